The highest BCUT2D eigenvalue weighted by Gasteiger charge is 2.28. The van der Waals surface area contributed by atoms with Crippen LogP contribution in [0.5, 0.6) is 0 Å². The number of nitro benzene ring substituents is 1. The third-order valence-corrected chi connectivity index (χ3v) is 3.29. The number of nitro groups is 1. The summed E-state index contributed by atoms with van der Waals surface area (Å²) in [6, 6.07) is 5.01. The van der Waals surface area contributed by atoms with Crippen LogP contribution in [0.2, 0.25) is 0 Å². The predicted octanol–water partition coefficient (Wildman–Crippen LogP) is 1.81. The van der Waals surface area contributed by atoms with Crippen molar-refractivity contribution in [3.05, 3.63) is 33.9 Å². The van der Waals surface area contributed by atoms with Crippen molar-refractivity contribution in [3.63, 3.8) is 0 Å². The third-order valence-electron chi connectivity index (χ3n) is 3.29. The summed E-state index contributed by atoms with van der Waals surface area (Å²) < 4.78 is 0. The molecular weight excluding hydrogens is 236 g/mol. The van der Waals surface area contributed by atoms with Crippen LogP contribution in [0.15, 0.2) is 18.2 Å². The molecule has 0 spiro atoms. The Morgan fingerprint density at radius 1 is 1.56 bits per heavy atom. The number of carboxylic acid groups (broad SMARTS) is 1. The van der Waals surface area contributed by atoms with Gasteiger partial charge in [0.2, 0.25) is 0 Å². The lowest BCUT2D eigenvalue weighted by molar-refractivity contribution is -0.385. The zero-order valence-electron chi connectivity index (χ0n) is 10.00. The molecule has 1 fully saturated rings. The maximum atomic E-state index is 10.9. The standard InChI is InChI=1S/C12H14N2O4/c1-8-2-3-10(6-11(8)14(17)18)13-5-4-9(7-13)12(15)16/h2-3,6,9H,4-5,7H2,1H3,(H,15,16). The van der Waals surface area contributed by atoms with E-state index in [1.54, 1.807) is 19.1 Å². The molecule has 6 heteroatoms. The molecule has 1 atom stereocenters. The van der Waals surface area contributed by atoms with Gasteiger partial charge in [-0.2, -0.15) is 0 Å². The second kappa shape index (κ2) is 4.64. The van der Waals surface area contributed by atoms with Gasteiger partial charge in [-0.05, 0) is 19.4 Å². The highest BCUT2D eigenvalue weighted by atomic mass is 16.6. The summed E-state index contributed by atoms with van der Waals surface area (Å²) in [5, 5.41) is 19.8. The minimum absolute atomic E-state index is 0.0753. The summed E-state index contributed by atoms with van der Waals surface area (Å²) in [6.45, 7) is 2.72. The van der Waals surface area contributed by atoms with Crippen LogP contribution < -0.4 is 4.90 Å². The van der Waals surface area contributed by atoms with Crippen LogP contribution in [0.4, 0.5) is 11.4 Å². The number of aryl methyl sites for hydroxylation is 1. The van der Waals surface area contributed by atoms with Gasteiger partial charge >= 0.3 is 5.97 Å². The van der Waals surface area contributed by atoms with Crippen molar-refractivity contribution in [1.29, 1.82) is 0 Å². The molecule has 0 aliphatic carbocycles. The molecule has 1 aliphatic heterocycles. The van der Waals surface area contributed by atoms with E-state index in [2.05, 4.69) is 0 Å². The number of carbonyl (C=O) groups is 1. The summed E-state index contributed by atoms with van der Waals surface area (Å²) in [5.41, 5.74) is 1.40. The van der Waals surface area contributed by atoms with Gasteiger partial charge < -0.3 is 10.0 Å². The molecule has 1 aromatic rings. The molecule has 1 aliphatic rings. The zero-order valence-corrected chi connectivity index (χ0v) is 10.00. The number of aliphatic carboxylic acids is 1. The fourth-order valence-corrected chi connectivity index (χ4v) is 2.19. The monoisotopic (exact) mass is 250 g/mol. The molecule has 0 bridgehead atoms. The first kappa shape index (κ1) is 12.3. The molecule has 1 aromatic carbocycles. The first-order chi connectivity index (χ1) is 8.49. The van der Waals surface area contributed by atoms with E-state index in [0.717, 1.165) is 5.69 Å². The Labute approximate surface area is 104 Å². The molecule has 0 amide bonds. The van der Waals surface area contributed by atoms with Gasteiger partial charge in [0.1, 0.15) is 0 Å². The second-order valence-electron chi connectivity index (χ2n) is 4.50. The van der Waals surface area contributed by atoms with Crippen LogP contribution in [0, 0.1) is 23.0 Å². The molecule has 1 heterocycles. The lowest BCUT2D eigenvalue weighted by Crippen LogP contribution is -2.22. The summed E-state index contributed by atoms with van der Waals surface area (Å²) in [7, 11) is 0. The van der Waals surface area contributed by atoms with E-state index >= 15 is 0 Å². The van der Waals surface area contributed by atoms with E-state index in [1.165, 1.54) is 6.07 Å². The number of nitrogens with zero attached hydrogens (tertiary/aromatic N) is 2. The van der Waals surface area contributed by atoms with Crippen molar-refractivity contribution in [2.24, 2.45) is 5.92 Å². The van der Waals surface area contributed by atoms with Gasteiger partial charge in [0.15, 0.2) is 0 Å². The highest BCUT2D eigenvalue weighted by Crippen LogP contribution is 2.29. The summed E-state index contributed by atoms with van der Waals surface area (Å²) in [4.78, 5) is 23.2. The maximum Gasteiger partial charge on any atom is 0.308 e. The van der Waals surface area contributed by atoms with Gasteiger partial charge in [0.25, 0.3) is 5.69 Å². The van der Waals surface area contributed by atoms with Crippen LogP contribution in [0.3, 0.4) is 0 Å². The van der Waals surface area contributed by atoms with E-state index in [1.807, 2.05) is 4.90 Å². The zero-order chi connectivity index (χ0) is 13.3. The van der Waals surface area contributed by atoms with E-state index < -0.39 is 10.9 Å². The predicted molar refractivity (Wildman–Crippen MR) is 65.8 cm³/mol. The number of benzene rings is 1. The molecule has 2 rings (SSSR count). The number of hydrogen-bond donors (Lipinski definition) is 1. The number of rotatable bonds is 3. The van der Waals surface area contributed by atoms with E-state index in [4.69, 9.17) is 5.11 Å². The molecule has 96 valence electrons. The topological polar surface area (TPSA) is 83.7 Å². The average molecular weight is 250 g/mol. The van der Waals surface area contributed by atoms with Crippen LogP contribution in [0.1, 0.15) is 12.0 Å². The lowest BCUT2D eigenvalue weighted by Gasteiger charge is -2.18. The average Bonchev–Trinajstić information content (AvgIpc) is 2.78. The van der Waals surface area contributed by atoms with Crippen molar-refractivity contribution in [2.45, 2.75) is 13.3 Å². The van der Waals surface area contributed by atoms with Crippen molar-refractivity contribution < 1.29 is 14.8 Å². The summed E-state index contributed by atoms with van der Waals surface area (Å²) in [6.07, 6.45) is 0.580. The normalized spacial score (nSPS) is 18.9. The van der Waals surface area contributed by atoms with Crippen LogP contribution in [-0.2, 0) is 4.79 Å². The van der Waals surface area contributed by atoms with Gasteiger partial charge in [-0.25, -0.2) is 0 Å². The SMILES string of the molecule is Cc1ccc(N2CCC(C(=O)O)C2)cc1[N+](=O)[O-]. The minimum Gasteiger partial charge on any atom is -0.481 e. The van der Waals surface area contributed by atoms with Gasteiger partial charge in [0, 0.05) is 30.4 Å². The second-order valence-corrected chi connectivity index (χ2v) is 4.50. The molecule has 0 saturated carbocycles. The minimum atomic E-state index is -0.806. The van der Waals surface area contributed by atoms with E-state index in [0.29, 0.717) is 25.1 Å². The van der Waals surface area contributed by atoms with Crippen molar-refractivity contribution in [1.82, 2.24) is 0 Å². The van der Waals surface area contributed by atoms with Crippen LogP contribution in [-0.4, -0.2) is 29.1 Å². The summed E-state index contributed by atoms with van der Waals surface area (Å²) >= 11 is 0. The lowest BCUT2D eigenvalue weighted by atomic mass is 10.1. The van der Waals surface area contributed by atoms with Gasteiger partial charge in [-0.15, -0.1) is 0 Å². The van der Waals surface area contributed by atoms with E-state index in [9.17, 15) is 14.9 Å². The quantitative estimate of drug-likeness (QED) is 0.653. The van der Waals surface area contributed by atoms with Crippen molar-refractivity contribution in [2.75, 3.05) is 18.0 Å². The fraction of sp³-hybridized carbons (Fsp3) is 0.417. The Balaban J connectivity index is 2.22. The fourth-order valence-electron chi connectivity index (χ4n) is 2.19. The van der Waals surface area contributed by atoms with Crippen molar-refractivity contribution in [3.8, 4) is 0 Å². The smallest absolute Gasteiger partial charge is 0.308 e. The Hall–Kier alpha value is -2.11. The highest BCUT2D eigenvalue weighted by molar-refractivity contribution is 5.72. The Bertz CT molecular complexity index is 501. The Morgan fingerprint density at radius 2 is 2.28 bits per heavy atom. The molecule has 0 radical (unpaired) electrons. The largest absolute Gasteiger partial charge is 0.481 e. The van der Waals surface area contributed by atoms with Gasteiger partial charge in [0.05, 0.1) is 10.8 Å². The Kier molecular flexibility index (Phi) is 3.18. The molecule has 1 N–H and O–H groups in total. The molecule has 6 nitrogen and oxygen atoms in total. The number of hydrogen-bond acceptors (Lipinski definition) is 4. The van der Waals surface area contributed by atoms with Crippen molar-refractivity contribution >= 4 is 17.3 Å². The van der Waals surface area contributed by atoms with Crippen LogP contribution >= 0.6 is 0 Å². The third kappa shape index (κ3) is 2.27. The molecule has 18 heavy (non-hydrogen) atoms. The van der Waals surface area contributed by atoms with E-state index in [-0.39, 0.29) is 11.6 Å². The molecule has 1 unspecified atom stereocenters. The number of carboxylic acids is 1. The van der Waals surface area contributed by atoms with Crippen LogP contribution in [0.25, 0.3) is 0 Å². The first-order valence-electron chi connectivity index (χ1n) is 5.72. The van der Waals surface area contributed by atoms with Gasteiger partial charge in [-0.1, -0.05) is 6.07 Å². The first-order valence-corrected chi connectivity index (χ1v) is 5.72. The van der Waals surface area contributed by atoms with Gasteiger partial charge in [-0.3, -0.25) is 14.9 Å². The summed E-state index contributed by atoms with van der Waals surface area (Å²) in [5.74, 6) is -1.19. The number of anilines is 1. The Morgan fingerprint density at radius 3 is 2.83 bits per heavy atom. The molecule has 1 saturated heterocycles. The molecule has 0 aromatic heterocycles. The maximum absolute atomic E-state index is 10.9. The molecular formula is C12H14N2O4.